The molecule has 0 aliphatic rings. The number of nitrogens with zero attached hydrogens (tertiary/aromatic N) is 2. The third kappa shape index (κ3) is 2.20. The third-order valence-electron chi connectivity index (χ3n) is 1.41. The van der Waals surface area contributed by atoms with E-state index in [-0.39, 0.29) is 5.91 Å². The fourth-order valence-electron chi connectivity index (χ4n) is 0.903. The molecule has 1 aromatic rings. The highest BCUT2D eigenvalue weighted by Crippen LogP contribution is 2.12. The van der Waals surface area contributed by atoms with Crippen LogP contribution in [0.2, 0.25) is 0 Å². The van der Waals surface area contributed by atoms with Crippen molar-refractivity contribution in [2.75, 3.05) is 5.06 Å². The van der Waals surface area contributed by atoms with Crippen LogP contribution in [0.4, 0.5) is 5.69 Å². The van der Waals surface area contributed by atoms with Crippen LogP contribution in [0, 0.1) is 11.5 Å². The average molecular weight is 176 g/mol. The number of carbonyl (C=O) groups excluding carboxylic acids is 1. The Labute approximate surface area is 75.9 Å². The molecule has 0 saturated carbocycles. The van der Waals surface area contributed by atoms with Gasteiger partial charge in [0.05, 0.1) is 5.69 Å². The summed E-state index contributed by atoms with van der Waals surface area (Å²) in [6.07, 6.45) is 1.45. The maximum atomic E-state index is 11.0. The van der Waals surface area contributed by atoms with E-state index in [2.05, 4.69) is 4.84 Å². The van der Waals surface area contributed by atoms with Crippen molar-refractivity contribution in [3.63, 3.8) is 0 Å². The van der Waals surface area contributed by atoms with E-state index in [1.54, 1.807) is 24.3 Å². The second-order valence-corrected chi connectivity index (χ2v) is 2.33. The van der Waals surface area contributed by atoms with Crippen molar-refractivity contribution in [1.82, 2.24) is 0 Å². The Morgan fingerprint density at radius 2 is 2.08 bits per heavy atom. The SMILES string of the molecule is CC(=O)N(OC#N)c1ccccc1. The maximum Gasteiger partial charge on any atom is 0.315 e. The van der Waals surface area contributed by atoms with E-state index in [0.29, 0.717) is 5.69 Å². The molecule has 0 saturated heterocycles. The van der Waals surface area contributed by atoms with Crippen LogP contribution in [0.25, 0.3) is 0 Å². The van der Waals surface area contributed by atoms with Gasteiger partial charge in [0.25, 0.3) is 5.91 Å². The van der Waals surface area contributed by atoms with Crippen LogP contribution in [-0.4, -0.2) is 5.91 Å². The molecule has 0 N–H and O–H groups in total. The van der Waals surface area contributed by atoms with E-state index in [4.69, 9.17) is 5.26 Å². The molecular formula is C9H8N2O2. The normalized spacial score (nSPS) is 8.62. The van der Waals surface area contributed by atoms with Gasteiger partial charge in [-0.25, -0.2) is 0 Å². The first kappa shape index (κ1) is 9.07. The van der Waals surface area contributed by atoms with Crippen molar-refractivity contribution in [3.8, 4) is 6.26 Å². The number of benzene rings is 1. The number of nitriles is 1. The number of hydrogen-bond acceptors (Lipinski definition) is 3. The standard InChI is InChI=1S/C9H8N2O2/c1-8(12)11(13-7-10)9-5-3-2-4-6-9/h2-6H,1H3. The van der Waals surface area contributed by atoms with Crippen molar-refractivity contribution in [2.24, 2.45) is 0 Å². The molecule has 0 radical (unpaired) electrons. The molecule has 66 valence electrons. The molecule has 0 unspecified atom stereocenters. The van der Waals surface area contributed by atoms with Gasteiger partial charge in [-0.05, 0) is 12.1 Å². The summed E-state index contributed by atoms with van der Waals surface area (Å²) in [4.78, 5) is 15.5. The van der Waals surface area contributed by atoms with E-state index in [1.807, 2.05) is 6.07 Å². The summed E-state index contributed by atoms with van der Waals surface area (Å²) in [7, 11) is 0. The second kappa shape index (κ2) is 4.12. The Kier molecular flexibility index (Phi) is 2.87. The third-order valence-corrected chi connectivity index (χ3v) is 1.41. The van der Waals surface area contributed by atoms with Gasteiger partial charge in [-0.3, -0.25) is 9.63 Å². The van der Waals surface area contributed by atoms with Crippen LogP contribution in [-0.2, 0) is 9.63 Å². The Hall–Kier alpha value is -2.02. The van der Waals surface area contributed by atoms with Gasteiger partial charge in [-0.15, -0.1) is 10.3 Å². The number of rotatable bonds is 2. The molecule has 0 aromatic heterocycles. The molecule has 0 heterocycles. The summed E-state index contributed by atoms with van der Waals surface area (Å²) in [5.74, 6) is -0.340. The topological polar surface area (TPSA) is 53.3 Å². The Balaban J connectivity index is 2.90. The summed E-state index contributed by atoms with van der Waals surface area (Å²) >= 11 is 0. The maximum absolute atomic E-state index is 11.0. The molecular weight excluding hydrogens is 168 g/mol. The minimum atomic E-state index is -0.340. The minimum Gasteiger partial charge on any atom is -0.291 e. The predicted octanol–water partition coefficient (Wildman–Crippen LogP) is 1.45. The summed E-state index contributed by atoms with van der Waals surface area (Å²) in [5, 5.41) is 9.21. The van der Waals surface area contributed by atoms with Gasteiger partial charge < -0.3 is 0 Å². The molecule has 0 fully saturated rings. The van der Waals surface area contributed by atoms with Crippen LogP contribution in [0.5, 0.6) is 0 Å². The van der Waals surface area contributed by atoms with Gasteiger partial charge in [0.15, 0.2) is 0 Å². The van der Waals surface area contributed by atoms with Crippen molar-refractivity contribution < 1.29 is 9.63 Å². The highest BCUT2D eigenvalue weighted by atomic mass is 16.7. The Bertz CT molecular complexity index is 329. The van der Waals surface area contributed by atoms with Gasteiger partial charge in [0.2, 0.25) is 0 Å². The monoisotopic (exact) mass is 176 g/mol. The van der Waals surface area contributed by atoms with E-state index >= 15 is 0 Å². The van der Waals surface area contributed by atoms with Crippen molar-refractivity contribution in [1.29, 1.82) is 5.26 Å². The molecule has 0 aliphatic carbocycles. The molecule has 4 nitrogen and oxygen atoms in total. The van der Waals surface area contributed by atoms with Gasteiger partial charge >= 0.3 is 6.26 Å². The zero-order valence-electron chi connectivity index (χ0n) is 7.10. The first-order valence-corrected chi connectivity index (χ1v) is 3.67. The Morgan fingerprint density at radius 1 is 1.46 bits per heavy atom. The zero-order chi connectivity index (χ0) is 9.68. The van der Waals surface area contributed by atoms with Crippen LogP contribution in [0.3, 0.4) is 0 Å². The lowest BCUT2D eigenvalue weighted by Gasteiger charge is -2.14. The quantitative estimate of drug-likeness (QED) is 0.506. The zero-order valence-corrected chi connectivity index (χ0v) is 7.10. The first-order valence-electron chi connectivity index (χ1n) is 3.67. The number of amides is 1. The van der Waals surface area contributed by atoms with Gasteiger partial charge in [0.1, 0.15) is 0 Å². The van der Waals surface area contributed by atoms with E-state index in [0.717, 1.165) is 5.06 Å². The fourth-order valence-corrected chi connectivity index (χ4v) is 0.903. The van der Waals surface area contributed by atoms with Crippen LogP contribution < -0.4 is 5.06 Å². The smallest absolute Gasteiger partial charge is 0.291 e. The van der Waals surface area contributed by atoms with Crippen LogP contribution in [0.1, 0.15) is 6.92 Å². The molecule has 0 aliphatic heterocycles. The van der Waals surface area contributed by atoms with E-state index in [1.165, 1.54) is 13.2 Å². The minimum absolute atomic E-state index is 0.340. The summed E-state index contributed by atoms with van der Waals surface area (Å²) in [6.45, 7) is 1.32. The second-order valence-electron chi connectivity index (χ2n) is 2.33. The predicted molar refractivity (Wildman–Crippen MR) is 46.3 cm³/mol. The fraction of sp³-hybridized carbons (Fsp3) is 0.111. The van der Waals surface area contributed by atoms with E-state index < -0.39 is 0 Å². The lowest BCUT2D eigenvalue weighted by atomic mass is 10.3. The van der Waals surface area contributed by atoms with Crippen molar-refractivity contribution in [2.45, 2.75) is 6.92 Å². The van der Waals surface area contributed by atoms with Gasteiger partial charge in [-0.2, -0.15) is 0 Å². The molecule has 0 bridgehead atoms. The van der Waals surface area contributed by atoms with Crippen LogP contribution in [0.15, 0.2) is 30.3 Å². The Morgan fingerprint density at radius 3 is 2.54 bits per heavy atom. The van der Waals surface area contributed by atoms with Crippen LogP contribution >= 0.6 is 0 Å². The largest absolute Gasteiger partial charge is 0.315 e. The summed E-state index contributed by atoms with van der Waals surface area (Å²) in [5.41, 5.74) is 0.538. The molecule has 0 spiro atoms. The lowest BCUT2D eigenvalue weighted by molar-refractivity contribution is -0.121. The van der Waals surface area contributed by atoms with Gasteiger partial charge in [0, 0.05) is 6.92 Å². The first-order chi connectivity index (χ1) is 6.25. The van der Waals surface area contributed by atoms with Crippen molar-refractivity contribution >= 4 is 11.6 Å². The van der Waals surface area contributed by atoms with Crippen molar-refractivity contribution in [3.05, 3.63) is 30.3 Å². The summed E-state index contributed by atoms with van der Waals surface area (Å²) < 4.78 is 0. The summed E-state index contributed by atoms with van der Waals surface area (Å²) in [6, 6.07) is 8.68. The molecule has 1 amide bonds. The number of anilines is 1. The number of hydrogen-bond donors (Lipinski definition) is 0. The molecule has 4 heteroatoms. The highest BCUT2D eigenvalue weighted by Gasteiger charge is 2.11. The molecule has 0 atom stereocenters. The van der Waals surface area contributed by atoms with Gasteiger partial charge in [-0.1, -0.05) is 18.2 Å². The number of para-hydroxylation sites is 1. The van der Waals surface area contributed by atoms with E-state index in [9.17, 15) is 4.79 Å². The highest BCUT2D eigenvalue weighted by molar-refractivity contribution is 5.89. The number of hydroxylamine groups is 1. The average Bonchev–Trinajstić information content (AvgIpc) is 2.15. The lowest BCUT2D eigenvalue weighted by Crippen LogP contribution is -2.26. The number of carbonyl (C=O) groups is 1. The molecule has 1 rings (SSSR count). The molecule has 1 aromatic carbocycles. The molecule has 13 heavy (non-hydrogen) atoms.